The molecule has 1 unspecified atom stereocenters. The van der Waals surface area contributed by atoms with Crippen LogP contribution in [0.5, 0.6) is 0 Å². The number of nitrogens with two attached hydrogens (primary N) is 1. The van der Waals surface area contributed by atoms with E-state index in [2.05, 4.69) is 16.0 Å². The molecule has 0 saturated carbocycles. The zero-order valence-corrected chi connectivity index (χ0v) is 9.94. The Morgan fingerprint density at radius 2 is 2.06 bits per heavy atom. The standard InChI is InChI=1S/C12H19N3O/c1-8-7-11(10-3-5-16-6-4-10)15-12(14-8)9(2)13/h7,9-10H,3-6,13H2,1-2H3. The molecule has 4 nitrogen and oxygen atoms in total. The van der Waals surface area contributed by atoms with Crippen molar-refractivity contribution in [2.45, 2.75) is 38.6 Å². The van der Waals surface area contributed by atoms with E-state index < -0.39 is 0 Å². The van der Waals surface area contributed by atoms with Gasteiger partial charge in [0, 0.05) is 30.5 Å². The van der Waals surface area contributed by atoms with E-state index in [-0.39, 0.29) is 6.04 Å². The summed E-state index contributed by atoms with van der Waals surface area (Å²) in [6.07, 6.45) is 2.10. The molecular weight excluding hydrogens is 202 g/mol. The Labute approximate surface area is 96.2 Å². The van der Waals surface area contributed by atoms with E-state index in [4.69, 9.17) is 10.5 Å². The van der Waals surface area contributed by atoms with Crippen molar-refractivity contribution in [3.63, 3.8) is 0 Å². The smallest absolute Gasteiger partial charge is 0.145 e. The lowest BCUT2D eigenvalue weighted by molar-refractivity contribution is 0.0844. The Kier molecular flexibility index (Phi) is 3.51. The van der Waals surface area contributed by atoms with Crippen molar-refractivity contribution in [1.82, 2.24) is 9.97 Å². The van der Waals surface area contributed by atoms with Crippen molar-refractivity contribution in [3.8, 4) is 0 Å². The number of aryl methyl sites for hydroxylation is 1. The minimum absolute atomic E-state index is 0.0986. The molecule has 2 N–H and O–H groups in total. The van der Waals surface area contributed by atoms with Crippen LogP contribution in [0, 0.1) is 6.92 Å². The molecule has 2 rings (SSSR count). The molecule has 0 bridgehead atoms. The van der Waals surface area contributed by atoms with E-state index >= 15 is 0 Å². The van der Waals surface area contributed by atoms with Crippen molar-refractivity contribution in [3.05, 3.63) is 23.3 Å². The SMILES string of the molecule is Cc1cc(C2CCOCC2)nc(C(C)N)n1. The lowest BCUT2D eigenvalue weighted by Crippen LogP contribution is -2.18. The van der Waals surface area contributed by atoms with Crippen LogP contribution >= 0.6 is 0 Å². The predicted molar refractivity (Wildman–Crippen MR) is 62.2 cm³/mol. The van der Waals surface area contributed by atoms with E-state index in [1.165, 1.54) is 0 Å². The molecule has 1 aliphatic heterocycles. The predicted octanol–water partition coefficient (Wildman–Crippen LogP) is 1.70. The van der Waals surface area contributed by atoms with Gasteiger partial charge in [0.25, 0.3) is 0 Å². The summed E-state index contributed by atoms with van der Waals surface area (Å²) < 4.78 is 5.36. The second kappa shape index (κ2) is 4.89. The van der Waals surface area contributed by atoms with Crippen LogP contribution in [0.3, 0.4) is 0 Å². The van der Waals surface area contributed by atoms with E-state index in [1.54, 1.807) is 0 Å². The van der Waals surface area contributed by atoms with Crippen LogP contribution in [0.25, 0.3) is 0 Å². The van der Waals surface area contributed by atoms with Gasteiger partial charge in [-0.15, -0.1) is 0 Å². The quantitative estimate of drug-likeness (QED) is 0.825. The van der Waals surface area contributed by atoms with Crippen LogP contribution in [-0.2, 0) is 4.74 Å². The molecule has 2 heterocycles. The zero-order valence-electron chi connectivity index (χ0n) is 9.94. The van der Waals surface area contributed by atoms with Crippen LogP contribution in [0.2, 0.25) is 0 Å². The highest BCUT2D eigenvalue weighted by atomic mass is 16.5. The Bertz CT molecular complexity index is 359. The summed E-state index contributed by atoms with van der Waals surface area (Å²) in [7, 11) is 0. The molecule has 1 aliphatic rings. The molecule has 16 heavy (non-hydrogen) atoms. The van der Waals surface area contributed by atoms with Gasteiger partial charge in [-0.25, -0.2) is 9.97 Å². The van der Waals surface area contributed by atoms with Gasteiger partial charge in [-0.05, 0) is 32.8 Å². The van der Waals surface area contributed by atoms with Crippen molar-refractivity contribution >= 4 is 0 Å². The highest BCUT2D eigenvalue weighted by Gasteiger charge is 2.18. The summed E-state index contributed by atoms with van der Waals surface area (Å²) in [5.74, 6) is 1.26. The summed E-state index contributed by atoms with van der Waals surface area (Å²) in [6.45, 7) is 5.58. The average molecular weight is 221 g/mol. The molecule has 0 spiro atoms. The number of hydrogen-bond donors (Lipinski definition) is 1. The fraction of sp³-hybridized carbons (Fsp3) is 0.667. The molecule has 0 amide bonds. The number of rotatable bonds is 2. The molecule has 1 aromatic rings. The van der Waals surface area contributed by atoms with Crippen molar-refractivity contribution in [2.24, 2.45) is 5.73 Å². The second-order valence-corrected chi connectivity index (χ2v) is 4.47. The zero-order chi connectivity index (χ0) is 11.5. The van der Waals surface area contributed by atoms with Crippen LogP contribution in [0.15, 0.2) is 6.07 Å². The van der Waals surface area contributed by atoms with Gasteiger partial charge in [0.1, 0.15) is 5.82 Å². The molecule has 1 aromatic heterocycles. The van der Waals surface area contributed by atoms with Gasteiger partial charge in [0.15, 0.2) is 0 Å². The van der Waals surface area contributed by atoms with Gasteiger partial charge < -0.3 is 10.5 Å². The van der Waals surface area contributed by atoms with Gasteiger partial charge in [-0.1, -0.05) is 0 Å². The summed E-state index contributed by atoms with van der Waals surface area (Å²) in [5.41, 5.74) is 7.96. The van der Waals surface area contributed by atoms with E-state index in [1.807, 2.05) is 13.8 Å². The monoisotopic (exact) mass is 221 g/mol. The average Bonchev–Trinajstić information content (AvgIpc) is 2.29. The number of ether oxygens (including phenoxy) is 1. The lowest BCUT2D eigenvalue weighted by Gasteiger charge is -2.22. The van der Waals surface area contributed by atoms with Gasteiger partial charge >= 0.3 is 0 Å². The Morgan fingerprint density at radius 1 is 1.38 bits per heavy atom. The maximum atomic E-state index is 5.83. The third kappa shape index (κ3) is 2.57. The number of nitrogens with zero attached hydrogens (tertiary/aromatic N) is 2. The van der Waals surface area contributed by atoms with E-state index in [9.17, 15) is 0 Å². The fourth-order valence-corrected chi connectivity index (χ4v) is 2.02. The third-order valence-corrected chi connectivity index (χ3v) is 2.94. The van der Waals surface area contributed by atoms with Crippen LogP contribution < -0.4 is 5.73 Å². The van der Waals surface area contributed by atoms with Crippen LogP contribution in [0.4, 0.5) is 0 Å². The molecule has 88 valence electrons. The summed E-state index contributed by atoms with van der Waals surface area (Å²) in [6, 6.07) is 1.97. The molecule has 0 radical (unpaired) electrons. The van der Waals surface area contributed by atoms with Gasteiger partial charge in [0.05, 0.1) is 6.04 Å². The van der Waals surface area contributed by atoms with Crippen molar-refractivity contribution in [1.29, 1.82) is 0 Å². The summed E-state index contributed by atoms with van der Waals surface area (Å²) in [5, 5.41) is 0. The summed E-state index contributed by atoms with van der Waals surface area (Å²) >= 11 is 0. The molecular formula is C12H19N3O. The van der Waals surface area contributed by atoms with E-state index in [0.29, 0.717) is 5.92 Å². The second-order valence-electron chi connectivity index (χ2n) is 4.47. The normalized spacial score (nSPS) is 19.7. The number of aromatic nitrogens is 2. The molecule has 4 heteroatoms. The molecule has 0 aliphatic carbocycles. The highest BCUT2D eigenvalue weighted by molar-refractivity contribution is 5.16. The number of hydrogen-bond acceptors (Lipinski definition) is 4. The Morgan fingerprint density at radius 3 is 2.69 bits per heavy atom. The Balaban J connectivity index is 2.25. The van der Waals surface area contributed by atoms with Gasteiger partial charge in [-0.2, -0.15) is 0 Å². The minimum atomic E-state index is -0.0986. The maximum Gasteiger partial charge on any atom is 0.145 e. The Hall–Kier alpha value is -1.00. The maximum absolute atomic E-state index is 5.83. The first-order valence-corrected chi connectivity index (χ1v) is 5.85. The van der Waals surface area contributed by atoms with Crippen molar-refractivity contribution < 1.29 is 4.74 Å². The largest absolute Gasteiger partial charge is 0.381 e. The first-order valence-electron chi connectivity index (χ1n) is 5.85. The molecule has 0 aromatic carbocycles. The summed E-state index contributed by atoms with van der Waals surface area (Å²) in [4.78, 5) is 8.93. The molecule has 1 saturated heterocycles. The molecule has 1 fully saturated rings. The highest BCUT2D eigenvalue weighted by Crippen LogP contribution is 2.26. The van der Waals surface area contributed by atoms with Crippen LogP contribution in [0.1, 0.15) is 48.9 Å². The topological polar surface area (TPSA) is 61.0 Å². The van der Waals surface area contributed by atoms with Crippen LogP contribution in [-0.4, -0.2) is 23.2 Å². The minimum Gasteiger partial charge on any atom is -0.381 e. The first kappa shape index (κ1) is 11.5. The first-order chi connectivity index (χ1) is 7.66. The van der Waals surface area contributed by atoms with Gasteiger partial charge in [0.2, 0.25) is 0 Å². The molecule has 1 atom stereocenters. The van der Waals surface area contributed by atoms with E-state index in [0.717, 1.165) is 43.3 Å². The van der Waals surface area contributed by atoms with Crippen molar-refractivity contribution in [2.75, 3.05) is 13.2 Å². The fourth-order valence-electron chi connectivity index (χ4n) is 2.02. The lowest BCUT2D eigenvalue weighted by atomic mass is 9.96. The van der Waals surface area contributed by atoms with Gasteiger partial charge in [-0.3, -0.25) is 0 Å². The third-order valence-electron chi connectivity index (χ3n) is 2.94.